The number of aromatic amines is 1. The Hall–Kier alpha value is -1.15. The van der Waals surface area contributed by atoms with Crippen molar-refractivity contribution < 1.29 is 13.5 Å². The summed E-state index contributed by atoms with van der Waals surface area (Å²) in [5.41, 5.74) is 0.438. The van der Waals surface area contributed by atoms with E-state index in [2.05, 4.69) is 14.7 Å². The van der Waals surface area contributed by atoms with E-state index in [-0.39, 0.29) is 17.4 Å². The number of H-pyrrole nitrogens is 1. The lowest BCUT2D eigenvalue weighted by Crippen LogP contribution is -2.29. The Kier molecular flexibility index (Phi) is 5.80. The second-order valence-corrected chi connectivity index (χ2v) is 7.33. The first-order valence-electron chi connectivity index (χ1n) is 7.21. The van der Waals surface area contributed by atoms with Gasteiger partial charge in [0.15, 0.2) is 0 Å². The SMILES string of the molecule is CCCC(CCO)CNS(=O)(=O)c1c[nH]c2nccc(Cl)c12. The number of pyridine rings is 1. The van der Waals surface area contributed by atoms with Crippen LogP contribution < -0.4 is 4.72 Å². The molecule has 0 aliphatic rings. The smallest absolute Gasteiger partial charge is 0.242 e. The minimum atomic E-state index is -3.69. The van der Waals surface area contributed by atoms with Crippen molar-refractivity contribution in [2.24, 2.45) is 5.92 Å². The molecule has 2 aromatic heterocycles. The first kappa shape index (κ1) is 17.2. The summed E-state index contributed by atoms with van der Waals surface area (Å²) in [6.45, 7) is 2.38. The van der Waals surface area contributed by atoms with Crippen LogP contribution in [0.15, 0.2) is 23.4 Å². The van der Waals surface area contributed by atoms with Crippen LogP contribution in [0.4, 0.5) is 0 Å². The summed E-state index contributed by atoms with van der Waals surface area (Å²) < 4.78 is 27.6. The Labute approximate surface area is 135 Å². The van der Waals surface area contributed by atoms with Crippen LogP contribution in [0.1, 0.15) is 26.2 Å². The predicted octanol–water partition coefficient (Wildman–Crippen LogP) is 2.29. The predicted molar refractivity (Wildman–Crippen MR) is 86.4 cm³/mol. The summed E-state index contributed by atoms with van der Waals surface area (Å²) in [5.74, 6) is 0.114. The lowest BCUT2D eigenvalue weighted by atomic mass is 10.0. The number of aromatic nitrogens is 2. The van der Waals surface area contributed by atoms with Gasteiger partial charge in [0, 0.05) is 25.5 Å². The highest BCUT2D eigenvalue weighted by molar-refractivity contribution is 7.89. The number of sulfonamides is 1. The second-order valence-electron chi connectivity index (χ2n) is 5.19. The van der Waals surface area contributed by atoms with E-state index in [9.17, 15) is 8.42 Å². The van der Waals surface area contributed by atoms with Crippen LogP contribution in [-0.2, 0) is 10.0 Å². The summed E-state index contributed by atoms with van der Waals surface area (Å²) in [6, 6.07) is 1.56. The highest BCUT2D eigenvalue weighted by Gasteiger charge is 2.22. The maximum atomic E-state index is 12.5. The Morgan fingerprint density at radius 1 is 1.45 bits per heavy atom. The zero-order valence-electron chi connectivity index (χ0n) is 12.3. The van der Waals surface area contributed by atoms with Gasteiger partial charge in [-0.25, -0.2) is 18.1 Å². The molecule has 0 saturated heterocycles. The molecule has 0 saturated carbocycles. The van der Waals surface area contributed by atoms with Crippen molar-refractivity contribution in [3.63, 3.8) is 0 Å². The lowest BCUT2D eigenvalue weighted by Gasteiger charge is -2.15. The summed E-state index contributed by atoms with van der Waals surface area (Å²) >= 11 is 6.09. The van der Waals surface area contributed by atoms with Gasteiger partial charge in [-0.05, 0) is 24.8 Å². The van der Waals surface area contributed by atoms with Crippen molar-refractivity contribution >= 4 is 32.7 Å². The fraction of sp³-hybridized carbons (Fsp3) is 0.500. The molecule has 2 heterocycles. The van der Waals surface area contributed by atoms with Crippen LogP contribution in [0.25, 0.3) is 11.0 Å². The molecule has 2 rings (SSSR count). The third-order valence-corrected chi connectivity index (χ3v) is 5.34. The molecule has 0 fully saturated rings. The molecule has 3 N–H and O–H groups in total. The van der Waals surface area contributed by atoms with Gasteiger partial charge in [-0.3, -0.25) is 0 Å². The number of aliphatic hydroxyl groups excluding tert-OH is 1. The van der Waals surface area contributed by atoms with Gasteiger partial charge in [-0.1, -0.05) is 24.9 Å². The Morgan fingerprint density at radius 2 is 2.23 bits per heavy atom. The van der Waals surface area contributed by atoms with Crippen LogP contribution in [-0.4, -0.2) is 36.6 Å². The van der Waals surface area contributed by atoms with Crippen molar-refractivity contribution in [3.05, 3.63) is 23.5 Å². The number of rotatable bonds is 8. The molecule has 0 spiro atoms. The van der Waals surface area contributed by atoms with E-state index in [1.54, 1.807) is 6.07 Å². The van der Waals surface area contributed by atoms with Crippen LogP contribution in [0, 0.1) is 5.92 Å². The summed E-state index contributed by atoms with van der Waals surface area (Å²) in [4.78, 5) is 6.98. The second kappa shape index (κ2) is 7.41. The number of nitrogens with one attached hydrogen (secondary N) is 2. The fourth-order valence-electron chi connectivity index (χ4n) is 2.44. The largest absolute Gasteiger partial charge is 0.396 e. The van der Waals surface area contributed by atoms with Gasteiger partial charge in [0.1, 0.15) is 10.5 Å². The van der Waals surface area contributed by atoms with Crippen LogP contribution in [0.3, 0.4) is 0 Å². The molecule has 0 aliphatic carbocycles. The number of aliphatic hydroxyl groups is 1. The molecule has 22 heavy (non-hydrogen) atoms. The van der Waals surface area contributed by atoms with Crippen molar-refractivity contribution in [3.8, 4) is 0 Å². The molecular formula is C14H20ClN3O3S. The van der Waals surface area contributed by atoms with Crippen LogP contribution >= 0.6 is 11.6 Å². The molecular weight excluding hydrogens is 326 g/mol. The monoisotopic (exact) mass is 345 g/mol. The molecule has 0 amide bonds. The van der Waals surface area contributed by atoms with Gasteiger partial charge in [-0.15, -0.1) is 0 Å². The number of fused-ring (bicyclic) bond motifs is 1. The maximum absolute atomic E-state index is 12.5. The molecule has 1 atom stereocenters. The average molecular weight is 346 g/mol. The van der Waals surface area contributed by atoms with E-state index in [1.165, 1.54) is 12.4 Å². The molecule has 122 valence electrons. The van der Waals surface area contributed by atoms with E-state index >= 15 is 0 Å². The average Bonchev–Trinajstić information content (AvgIpc) is 2.92. The molecule has 0 radical (unpaired) electrons. The molecule has 0 aliphatic heterocycles. The van der Waals surface area contributed by atoms with Gasteiger partial charge in [0.2, 0.25) is 10.0 Å². The van der Waals surface area contributed by atoms with Crippen molar-refractivity contribution in [1.29, 1.82) is 0 Å². The van der Waals surface area contributed by atoms with Gasteiger partial charge >= 0.3 is 0 Å². The minimum Gasteiger partial charge on any atom is -0.396 e. The normalized spacial score (nSPS) is 13.6. The molecule has 0 aromatic carbocycles. The number of hydrogen-bond acceptors (Lipinski definition) is 4. The first-order chi connectivity index (χ1) is 10.5. The first-order valence-corrected chi connectivity index (χ1v) is 9.07. The summed E-state index contributed by atoms with van der Waals surface area (Å²) in [6.07, 6.45) is 5.29. The van der Waals surface area contributed by atoms with E-state index in [0.29, 0.717) is 29.0 Å². The van der Waals surface area contributed by atoms with E-state index < -0.39 is 10.0 Å². The summed E-state index contributed by atoms with van der Waals surface area (Å²) in [5, 5.41) is 9.78. The zero-order chi connectivity index (χ0) is 16.2. The standard InChI is InChI=1S/C14H20ClN3O3S/c1-2-3-10(5-7-19)8-18-22(20,21)12-9-17-14-13(12)11(15)4-6-16-14/h4,6,9-10,18-19H,2-3,5,7-8H2,1H3,(H,16,17). The molecule has 8 heteroatoms. The fourth-order valence-corrected chi connectivity index (χ4v) is 4.05. The lowest BCUT2D eigenvalue weighted by molar-refractivity contribution is 0.251. The number of halogens is 1. The Balaban J connectivity index is 2.22. The molecule has 6 nitrogen and oxygen atoms in total. The molecule has 0 bridgehead atoms. The van der Waals surface area contributed by atoms with Gasteiger partial charge in [0.05, 0.1) is 10.4 Å². The highest BCUT2D eigenvalue weighted by Crippen LogP contribution is 2.28. The zero-order valence-corrected chi connectivity index (χ0v) is 13.9. The maximum Gasteiger partial charge on any atom is 0.242 e. The van der Waals surface area contributed by atoms with Crippen molar-refractivity contribution in [2.45, 2.75) is 31.1 Å². The molecule has 1 unspecified atom stereocenters. The van der Waals surface area contributed by atoms with Crippen molar-refractivity contribution in [2.75, 3.05) is 13.2 Å². The van der Waals surface area contributed by atoms with E-state index in [4.69, 9.17) is 16.7 Å². The third kappa shape index (κ3) is 3.78. The third-order valence-electron chi connectivity index (χ3n) is 3.57. The summed E-state index contributed by atoms with van der Waals surface area (Å²) in [7, 11) is -3.69. The Morgan fingerprint density at radius 3 is 2.91 bits per heavy atom. The number of nitrogens with zero attached hydrogens (tertiary/aromatic N) is 1. The van der Waals surface area contributed by atoms with Crippen LogP contribution in [0.5, 0.6) is 0 Å². The van der Waals surface area contributed by atoms with E-state index in [0.717, 1.165) is 12.8 Å². The number of hydrogen-bond donors (Lipinski definition) is 3. The topological polar surface area (TPSA) is 95.1 Å². The van der Waals surface area contributed by atoms with Gasteiger partial charge in [-0.2, -0.15) is 0 Å². The van der Waals surface area contributed by atoms with Crippen LogP contribution in [0.2, 0.25) is 5.02 Å². The quantitative estimate of drug-likeness (QED) is 0.684. The minimum absolute atomic E-state index is 0.0508. The molecule has 2 aromatic rings. The Bertz CT molecular complexity index is 724. The van der Waals surface area contributed by atoms with Gasteiger partial charge < -0.3 is 10.1 Å². The van der Waals surface area contributed by atoms with Crippen molar-refractivity contribution in [1.82, 2.24) is 14.7 Å². The highest BCUT2D eigenvalue weighted by atomic mass is 35.5. The van der Waals surface area contributed by atoms with Gasteiger partial charge in [0.25, 0.3) is 0 Å². The van der Waals surface area contributed by atoms with E-state index in [1.807, 2.05) is 6.92 Å².